The van der Waals surface area contributed by atoms with E-state index in [4.69, 9.17) is 5.73 Å². The zero-order valence-corrected chi connectivity index (χ0v) is 12.9. The highest BCUT2D eigenvalue weighted by Gasteiger charge is 2.33. The van der Waals surface area contributed by atoms with Gasteiger partial charge in [0, 0.05) is 12.5 Å². The van der Waals surface area contributed by atoms with Gasteiger partial charge in [-0.2, -0.15) is 0 Å². The molecule has 0 aliphatic heterocycles. The Morgan fingerprint density at radius 3 is 2.13 bits per heavy atom. The van der Waals surface area contributed by atoms with Crippen LogP contribution in [0.5, 0.6) is 0 Å². The molecule has 0 saturated heterocycles. The summed E-state index contributed by atoms with van der Waals surface area (Å²) in [7, 11) is 0. The largest absolute Gasteiger partial charge is 0.368 e. The number of hydrogen-bond acceptors (Lipinski definition) is 2. The number of benzene rings is 2. The van der Waals surface area contributed by atoms with E-state index in [9.17, 15) is 9.59 Å². The van der Waals surface area contributed by atoms with E-state index in [0.717, 1.165) is 29.5 Å². The topological polar surface area (TPSA) is 63.4 Å². The molecule has 2 aromatic rings. The lowest BCUT2D eigenvalue weighted by molar-refractivity contribution is -0.136. The number of carbonyl (C=O) groups excluding carboxylic acids is 2. The molecule has 0 unspecified atom stereocenters. The summed E-state index contributed by atoms with van der Waals surface area (Å²) in [5, 5.41) is 0. The van der Waals surface area contributed by atoms with Crippen molar-refractivity contribution in [3.8, 4) is 11.1 Å². The van der Waals surface area contributed by atoms with Crippen LogP contribution in [0.2, 0.25) is 0 Å². The van der Waals surface area contributed by atoms with Gasteiger partial charge in [0.15, 0.2) is 0 Å². The molecule has 2 amide bonds. The smallest absolute Gasteiger partial charge is 0.237 e. The summed E-state index contributed by atoms with van der Waals surface area (Å²) in [4.78, 5) is 25.0. The summed E-state index contributed by atoms with van der Waals surface area (Å²) >= 11 is 0. The van der Waals surface area contributed by atoms with Crippen LogP contribution in [0.15, 0.2) is 54.6 Å². The number of amides is 2. The van der Waals surface area contributed by atoms with Crippen LogP contribution in [-0.2, 0) is 16.1 Å². The van der Waals surface area contributed by atoms with E-state index in [-0.39, 0.29) is 18.4 Å². The molecule has 0 atom stereocenters. The minimum Gasteiger partial charge on any atom is -0.368 e. The third kappa shape index (κ3) is 3.97. The maximum atomic E-state index is 12.3. The van der Waals surface area contributed by atoms with Gasteiger partial charge < -0.3 is 10.6 Å². The van der Waals surface area contributed by atoms with Crippen molar-refractivity contribution in [1.29, 1.82) is 0 Å². The first kappa shape index (κ1) is 15.3. The van der Waals surface area contributed by atoms with Crippen LogP contribution in [0.3, 0.4) is 0 Å². The number of carbonyl (C=O) groups is 2. The first-order valence-electron chi connectivity index (χ1n) is 7.85. The lowest BCUT2D eigenvalue weighted by Gasteiger charge is -2.21. The molecule has 0 spiro atoms. The minimum atomic E-state index is -0.472. The van der Waals surface area contributed by atoms with Crippen molar-refractivity contribution in [2.45, 2.75) is 19.4 Å². The van der Waals surface area contributed by atoms with Crippen LogP contribution in [0.4, 0.5) is 0 Å². The van der Waals surface area contributed by atoms with Crippen molar-refractivity contribution in [1.82, 2.24) is 4.90 Å². The van der Waals surface area contributed by atoms with Crippen molar-refractivity contribution in [2.24, 2.45) is 11.7 Å². The summed E-state index contributed by atoms with van der Waals surface area (Å²) in [6, 6.07) is 18.2. The number of hydrogen-bond donors (Lipinski definition) is 1. The highest BCUT2D eigenvalue weighted by Crippen LogP contribution is 2.31. The molecule has 1 saturated carbocycles. The molecule has 0 aromatic heterocycles. The molecule has 0 bridgehead atoms. The molecule has 4 heteroatoms. The zero-order chi connectivity index (χ0) is 16.2. The Hall–Kier alpha value is -2.62. The molecule has 4 nitrogen and oxygen atoms in total. The summed E-state index contributed by atoms with van der Waals surface area (Å²) in [6.07, 6.45) is 1.84. The van der Waals surface area contributed by atoms with Gasteiger partial charge in [-0.15, -0.1) is 0 Å². The monoisotopic (exact) mass is 308 g/mol. The Bertz CT molecular complexity index is 691. The molecule has 0 radical (unpaired) electrons. The highest BCUT2D eigenvalue weighted by atomic mass is 16.2. The van der Waals surface area contributed by atoms with E-state index in [2.05, 4.69) is 12.1 Å². The zero-order valence-electron chi connectivity index (χ0n) is 12.9. The molecule has 1 aliphatic carbocycles. The fraction of sp³-hybridized carbons (Fsp3) is 0.263. The quantitative estimate of drug-likeness (QED) is 0.891. The molecular weight excluding hydrogens is 288 g/mol. The van der Waals surface area contributed by atoms with E-state index in [1.54, 1.807) is 4.90 Å². The molecule has 23 heavy (non-hydrogen) atoms. The second-order valence-corrected chi connectivity index (χ2v) is 6.00. The first-order chi connectivity index (χ1) is 11.1. The third-order valence-electron chi connectivity index (χ3n) is 4.02. The lowest BCUT2D eigenvalue weighted by Crippen LogP contribution is -2.38. The molecule has 118 valence electrons. The van der Waals surface area contributed by atoms with E-state index >= 15 is 0 Å². The molecule has 1 aliphatic rings. The van der Waals surface area contributed by atoms with Gasteiger partial charge in [0.25, 0.3) is 0 Å². The standard InChI is InChI=1S/C19H20N2O2/c20-18(22)13-21(19(23)17-10-11-17)12-14-6-8-16(9-7-14)15-4-2-1-3-5-15/h1-9,17H,10-13H2,(H2,20,22). The number of primary amides is 1. The van der Waals surface area contributed by atoms with Gasteiger partial charge in [0.05, 0.1) is 6.54 Å². The Kier molecular flexibility index (Phi) is 4.42. The average molecular weight is 308 g/mol. The van der Waals surface area contributed by atoms with Crippen LogP contribution in [0.25, 0.3) is 11.1 Å². The fourth-order valence-corrected chi connectivity index (χ4v) is 2.64. The van der Waals surface area contributed by atoms with E-state index < -0.39 is 5.91 Å². The molecular formula is C19H20N2O2. The van der Waals surface area contributed by atoms with Crippen LogP contribution >= 0.6 is 0 Å². The second kappa shape index (κ2) is 6.65. The highest BCUT2D eigenvalue weighted by molar-refractivity contribution is 5.86. The Balaban J connectivity index is 1.72. The second-order valence-electron chi connectivity index (χ2n) is 6.00. The van der Waals surface area contributed by atoms with Gasteiger partial charge in [-0.05, 0) is 29.5 Å². The van der Waals surface area contributed by atoms with Gasteiger partial charge in [-0.3, -0.25) is 9.59 Å². The Morgan fingerprint density at radius 2 is 1.57 bits per heavy atom. The van der Waals surface area contributed by atoms with E-state index in [0.29, 0.717) is 6.54 Å². The number of rotatable bonds is 6. The number of nitrogens with zero attached hydrogens (tertiary/aromatic N) is 1. The van der Waals surface area contributed by atoms with Gasteiger partial charge in [-0.25, -0.2) is 0 Å². The van der Waals surface area contributed by atoms with Gasteiger partial charge in [0.1, 0.15) is 0 Å². The van der Waals surface area contributed by atoms with Crippen molar-refractivity contribution >= 4 is 11.8 Å². The van der Waals surface area contributed by atoms with E-state index in [1.165, 1.54) is 0 Å². The fourth-order valence-electron chi connectivity index (χ4n) is 2.64. The normalized spacial score (nSPS) is 13.6. The predicted molar refractivity (Wildman–Crippen MR) is 89.2 cm³/mol. The van der Waals surface area contributed by atoms with Crippen LogP contribution in [0, 0.1) is 5.92 Å². The van der Waals surface area contributed by atoms with Crippen molar-refractivity contribution in [3.63, 3.8) is 0 Å². The summed E-state index contributed by atoms with van der Waals surface area (Å²) in [5.41, 5.74) is 8.56. The summed E-state index contributed by atoms with van der Waals surface area (Å²) < 4.78 is 0. The Morgan fingerprint density at radius 1 is 0.957 bits per heavy atom. The van der Waals surface area contributed by atoms with Crippen molar-refractivity contribution < 1.29 is 9.59 Å². The molecule has 2 aromatic carbocycles. The maximum Gasteiger partial charge on any atom is 0.237 e. The maximum absolute atomic E-state index is 12.3. The molecule has 2 N–H and O–H groups in total. The van der Waals surface area contributed by atoms with Crippen LogP contribution in [-0.4, -0.2) is 23.3 Å². The van der Waals surface area contributed by atoms with Gasteiger partial charge in [0.2, 0.25) is 11.8 Å². The summed E-state index contributed by atoms with van der Waals surface area (Å²) in [5.74, 6) is -0.353. The van der Waals surface area contributed by atoms with Crippen LogP contribution < -0.4 is 5.73 Å². The summed E-state index contributed by atoms with van der Waals surface area (Å²) in [6.45, 7) is 0.406. The van der Waals surface area contributed by atoms with E-state index in [1.807, 2.05) is 42.5 Å². The van der Waals surface area contributed by atoms with Gasteiger partial charge >= 0.3 is 0 Å². The molecule has 3 rings (SSSR count). The lowest BCUT2D eigenvalue weighted by atomic mass is 10.0. The minimum absolute atomic E-state index is 0.0181. The molecule has 1 fully saturated rings. The average Bonchev–Trinajstić information content (AvgIpc) is 3.39. The number of nitrogens with two attached hydrogens (primary N) is 1. The Labute approximate surface area is 135 Å². The van der Waals surface area contributed by atoms with Crippen molar-refractivity contribution in [2.75, 3.05) is 6.54 Å². The third-order valence-corrected chi connectivity index (χ3v) is 4.02. The SMILES string of the molecule is NC(=O)CN(Cc1ccc(-c2ccccc2)cc1)C(=O)C1CC1. The van der Waals surface area contributed by atoms with Gasteiger partial charge in [-0.1, -0.05) is 54.6 Å². The predicted octanol–water partition coefficient (Wildman–Crippen LogP) is 2.58. The van der Waals surface area contributed by atoms with Crippen molar-refractivity contribution in [3.05, 3.63) is 60.2 Å². The first-order valence-corrected chi connectivity index (χ1v) is 7.85. The van der Waals surface area contributed by atoms with Crippen LogP contribution in [0.1, 0.15) is 18.4 Å². The molecule has 0 heterocycles.